The second kappa shape index (κ2) is 18.6. The second-order valence-corrected chi connectivity index (χ2v) is 7.69. The number of nitrogens with two attached hydrogens (primary N) is 1. The van der Waals surface area contributed by atoms with Gasteiger partial charge in [0, 0.05) is 67.0 Å². The normalized spacial score (nSPS) is 9.07. The van der Waals surface area contributed by atoms with Gasteiger partial charge in [-0.1, -0.05) is 24.3 Å². The first-order valence-electron chi connectivity index (χ1n) is 12.1. The lowest BCUT2D eigenvalue weighted by Crippen LogP contribution is -2.10. The van der Waals surface area contributed by atoms with Crippen molar-refractivity contribution in [1.29, 1.82) is 0 Å². The number of nitrogens with zero attached hydrogens (tertiary/aromatic N) is 6. The van der Waals surface area contributed by atoms with E-state index in [1.54, 1.807) is 75.1 Å². The van der Waals surface area contributed by atoms with Crippen LogP contribution in [0.4, 0.5) is 0 Å². The molecule has 5 heterocycles. The number of hydrogen-bond donors (Lipinski definition) is 3. The Hall–Kier alpha value is -5.58. The molecule has 0 fully saturated rings. The molecule has 1 amide bonds. The van der Waals surface area contributed by atoms with E-state index in [0.29, 0.717) is 11.4 Å². The number of aromatic amines is 2. The monoisotopic (exact) mass is 539 g/mol. The summed E-state index contributed by atoms with van der Waals surface area (Å²) in [7, 11) is 1.60. The molecule has 0 saturated heterocycles. The maximum atomic E-state index is 10.4. The quantitative estimate of drug-likeness (QED) is 0.297. The van der Waals surface area contributed by atoms with E-state index >= 15 is 0 Å². The summed E-state index contributed by atoms with van der Waals surface area (Å²) in [5.74, 6) is 1.19. The van der Waals surface area contributed by atoms with Gasteiger partial charge >= 0.3 is 0 Å². The van der Waals surface area contributed by atoms with Crippen LogP contribution in [0.1, 0.15) is 21.9 Å². The topological polar surface area (TPSA) is 153 Å². The van der Waals surface area contributed by atoms with Gasteiger partial charge in [-0.05, 0) is 44.2 Å². The van der Waals surface area contributed by atoms with Crippen LogP contribution in [-0.2, 0) is 0 Å². The molecule has 0 bridgehead atoms. The number of carbonyl (C=O) groups excluding carboxylic acids is 1. The molecule has 4 N–H and O–H groups in total. The highest BCUT2D eigenvalue weighted by atomic mass is 16.5. The molecule has 0 spiro atoms. The predicted molar refractivity (Wildman–Crippen MR) is 154 cm³/mol. The first kappa shape index (κ1) is 30.6. The number of pyridine rings is 2. The highest BCUT2D eigenvalue weighted by Gasteiger charge is 1.95. The van der Waals surface area contributed by atoms with E-state index in [2.05, 4.69) is 34.9 Å². The van der Waals surface area contributed by atoms with Crippen molar-refractivity contribution in [2.45, 2.75) is 13.8 Å². The summed E-state index contributed by atoms with van der Waals surface area (Å²) in [5.41, 5.74) is 7.63. The summed E-state index contributed by atoms with van der Waals surface area (Å²) in [6.45, 7) is 3.88. The third-order valence-electron chi connectivity index (χ3n) is 4.62. The Balaban J connectivity index is 0.000000179. The van der Waals surface area contributed by atoms with Gasteiger partial charge in [0.25, 0.3) is 0 Å². The van der Waals surface area contributed by atoms with Gasteiger partial charge in [0.2, 0.25) is 11.8 Å². The number of hydrogen-bond acceptors (Lipinski definition) is 7. The number of rotatable bonds is 3. The van der Waals surface area contributed by atoms with Crippen LogP contribution in [0.5, 0.6) is 5.88 Å². The molecule has 0 saturated carbocycles. The summed E-state index contributed by atoms with van der Waals surface area (Å²) < 4.78 is 6.78. The van der Waals surface area contributed by atoms with Crippen molar-refractivity contribution >= 4 is 5.91 Å². The van der Waals surface area contributed by atoms with Gasteiger partial charge in [0.15, 0.2) is 0 Å². The largest absolute Gasteiger partial charge is 0.481 e. The van der Waals surface area contributed by atoms with Crippen LogP contribution in [0.2, 0.25) is 0 Å². The van der Waals surface area contributed by atoms with Crippen molar-refractivity contribution in [2.75, 3.05) is 7.11 Å². The molecular formula is C29H33N9O2. The summed E-state index contributed by atoms with van der Waals surface area (Å²) >= 11 is 0. The molecule has 1 aromatic carbocycles. The van der Waals surface area contributed by atoms with Gasteiger partial charge in [-0.2, -0.15) is 0 Å². The number of nitrogens with one attached hydrogen (secondary N) is 2. The maximum absolute atomic E-state index is 10.4. The molecule has 5 aromatic heterocycles. The maximum Gasteiger partial charge on any atom is 0.250 e. The molecule has 0 aliphatic rings. The van der Waals surface area contributed by atoms with Crippen molar-refractivity contribution in [3.05, 3.63) is 140 Å². The SMILES string of the molecule is COc1ccccn1.Cc1cnc[nH]1.Cc1ncc[nH]1.NC(=O)c1cccnc1.c1ccc(-n2ccnc2)cc1. The Morgan fingerprint density at radius 2 is 1.62 bits per heavy atom. The van der Waals surface area contributed by atoms with E-state index in [4.69, 9.17) is 10.5 Å². The standard InChI is InChI=1S/C9H8N2.C6H6N2O.C6H7NO.2C4H6N2/c1-2-4-9(5-3-1)11-7-6-10-8-11;7-6(9)5-2-1-3-8-4-5;1-8-6-4-2-3-5-7-6;1-4-2-5-3-6-4;1-4-5-2-3-6-4/h1-8H;1-4H,(H2,7,9);2-5H,1H3;2*2-3H,1H3,(H,5,6). The van der Waals surface area contributed by atoms with Crippen LogP contribution in [0.3, 0.4) is 0 Å². The zero-order valence-corrected chi connectivity index (χ0v) is 22.6. The first-order chi connectivity index (χ1) is 19.5. The number of aryl methyl sites for hydroxylation is 2. The summed E-state index contributed by atoms with van der Waals surface area (Å²) in [4.78, 5) is 35.3. The lowest BCUT2D eigenvalue weighted by Gasteiger charge is -1.98. The van der Waals surface area contributed by atoms with Gasteiger partial charge in [-0.3, -0.25) is 9.78 Å². The van der Waals surface area contributed by atoms with Gasteiger partial charge in [0.05, 0.1) is 25.3 Å². The number of amides is 1. The fraction of sp³-hybridized carbons (Fsp3) is 0.103. The van der Waals surface area contributed by atoms with Crippen LogP contribution in [0.25, 0.3) is 5.69 Å². The van der Waals surface area contributed by atoms with Crippen molar-refractivity contribution in [3.8, 4) is 11.6 Å². The Kier molecular flexibility index (Phi) is 14.3. The molecule has 11 nitrogen and oxygen atoms in total. The molecule has 0 unspecified atom stereocenters. The number of imidazole rings is 3. The molecule has 6 aromatic rings. The third-order valence-corrected chi connectivity index (χ3v) is 4.62. The minimum absolute atomic E-state index is 0.442. The van der Waals surface area contributed by atoms with E-state index < -0.39 is 5.91 Å². The van der Waals surface area contributed by atoms with E-state index in [1.165, 1.54) is 6.20 Å². The number of primary amides is 1. The lowest BCUT2D eigenvalue weighted by molar-refractivity contribution is 0.1000. The van der Waals surface area contributed by atoms with Gasteiger partial charge in [-0.25, -0.2) is 19.9 Å². The van der Waals surface area contributed by atoms with Crippen molar-refractivity contribution < 1.29 is 9.53 Å². The Bertz CT molecular complexity index is 1360. The second-order valence-electron chi connectivity index (χ2n) is 7.69. The minimum atomic E-state index is -0.442. The highest BCUT2D eigenvalue weighted by molar-refractivity contribution is 5.92. The zero-order chi connectivity index (χ0) is 28.8. The first-order valence-corrected chi connectivity index (χ1v) is 12.1. The molecule has 0 aliphatic heterocycles. The number of aromatic nitrogens is 8. The van der Waals surface area contributed by atoms with Gasteiger partial charge in [-0.15, -0.1) is 0 Å². The fourth-order valence-corrected chi connectivity index (χ4v) is 2.66. The predicted octanol–water partition coefficient (Wildman–Crippen LogP) is 4.58. The van der Waals surface area contributed by atoms with E-state index in [-0.39, 0.29) is 0 Å². The van der Waals surface area contributed by atoms with Crippen molar-refractivity contribution in [1.82, 2.24) is 39.5 Å². The number of ether oxygens (including phenoxy) is 1. The van der Waals surface area contributed by atoms with Gasteiger partial charge in [0.1, 0.15) is 5.82 Å². The van der Waals surface area contributed by atoms with Crippen LogP contribution >= 0.6 is 0 Å². The van der Waals surface area contributed by atoms with Crippen LogP contribution < -0.4 is 10.5 Å². The van der Waals surface area contributed by atoms with Crippen LogP contribution in [0.15, 0.2) is 123 Å². The number of methoxy groups -OCH3 is 1. The molecule has 6 rings (SSSR count). The van der Waals surface area contributed by atoms with Crippen LogP contribution in [0, 0.1) is 13.8 Å². The van der Waals surface area contributed by atoms with Crippen molar-refractivity contribution in [3.63, 3.8) is 0 Å². The Morgan fingerprint density at radius 3 is 2.00 bits per heavy atom. The minimum Gasteiger partial charge on any atom is -0.481 e. The summed E-state index contributed by atoms with van der Waals surface area (Å²) in [6, 6.07) is 18.9. The average molecular weight is 540 g/mol. The molecule has 40 heavy (non-hydrogen) atoms. The molecule has 0 aliphatic carbocycles. The molecule has 0 atom stereocenters. The Morgan fingerprint density at radius 1 is 0.825 bits per heavy atom. The smallest absolute Gasteiger partial charge is 0.250 e. The van der Waals surface area contributed by atoms with E-state index in [1.807, 2.05) is 67.1 Å². The Labute approximate surface area is 233 Å². The molecule has 0 radical (unpaired) electrons. The average Bonchev–Trinajstić information content (AvgIpc) is 3.81. The highest BCUT2D eigenvalue weighted by Crippen LogP contribution is 2.04. The molecule has 206 valence electrons. The molecule has 11 heteroatoms. The van der Waals surface area contributed by atoms with E-state index in [0.717, 1.165) is 17.2 Å². The van der Waals surface area contributed by atoms with Crippen molar-refractivity contribution in [2.24, 2.45) is 5.73 Å². The fourth-order valence-electron chi connectivity index (χ4n) is 2.66. The zero-order valence-electron chi connectivity index (χ0n) is 22.6. The van der Waals surface area contributed by atoms with E-state index in [9.17, 15) is 4.79 Å². The third kappa shape index (κ3) is 13.1. The summed E-state index contributed by atoms with van der Waals surface area (Å²) in [6.07, 6.45) is 17.2. The van der Waals surface area contributed by atoms with Crippen LogP contribution in [-0.4, -0.2) is 52.5 Å². The van der Waals surface area contributed by atoms with Gasteiger partial charge < -0.3 is 25.0 Å². The number of para-hydroxylation sites is 1. The molecular weight excluding hydrogens is 506 g/mol. The number of benzene rings is 1. The lowest BCUT2D eigenvalue weighted by atomic mass is 10.3. The number of H-pyrrole nitrogens is 2. The number of carbonyl (C=O) groups is 1. The summed E-state index contributed by atoms with van der Waals surface area (Å²) in [5, 5.41) is 0.